The van der Waals surface area contributed by atoms with Crippen LogP contribution in [0.4, 0.5) is 5.82 Å². The third-order valence-corrected chi connectivity index (χ3v) is 5.12. The second-order valence-electron chi connectivity index (χ2n) is 7.05. The number of nitrogens with one attached hydrogen (secondary N) is 1. The van der Waals surface area contributed by atoms with E-state index < -0.39 is 0 Å². The van der Waals surface area contributed by atoms with Gasteiger partial charge in [0, 0.05) is 49.7 Å². The summed E-state index contributed by atoms with van der Waals surface area (Å²) in [6, 6.07) is 14.0. The molecule has 0 amide bonds. The second kappa shape index (κ2) is 7.01. The van der Waals surface area contributed by atoms with Gasteiger partial charge in [0.2, 0.25) is 0 Å². The number of rotatable bonds is 3. The molecule has 3 aromatic heterocycles. The van der Waals surface area contributed by atoms with Crippen molar-refractivity contribution in [3.8, 4) is 22.8 Å². The Balaban J connectivity index is 1.67. The number of benzene rings is 1. The fraction of sp³-hybridized carbons (Fsp3) is 0.238. The van der Waals surface area contributed by atoms with E-state index in [0.29, 0.717) is 11.5 Å². The molecule has 1 aliphatic heterocycles. The molecule has 28 heavy (non-hydrogen) atoms. The van der Waals surface area contributed by atoms with E-state index in [0.717, 1.165) is 54.5 Å². The third kappa shape index (κ3) is 3.10. The molecule has 0 bridgehead atoms. The van der Waals surface area contributed by atoms with Crippen LogP contribution in [0, 0.1) is 0 Å². The highest BCUT2D eigenvalue weighted by atomic mass is 15.3. The van der Waals surface area contributed by atoms with Gasteiger partial charge in [-0.2, -0.15) is 0 Å². The lowest BCUT2D eigenvalue weighted by atomic mass is 10.2. The summed E-state index contributed by atoms with van der Waals surface area (Å²) in [5, 5.41) is 0. The minimum atomic E-state index is 0.689. The van der Waals surface area contributed by atoms with Gasteiger partial charge in [0.25, 0.3) is 0 Å². The number of aromatic amines is 1. The molecule has 1 aromatic carbocycles. The van der Waals surface area contributed by atoms with Crippen LogP contribution in [0.25, 0.3) is 33.9 Å². The molecule has 4 aromatic rings. The molecule has 0 aliphatic carbocycles. The quantitative estimate of drug-likeness (QED) is 0.597. The van der Waals surface area contributed by atoms with Crippen LogP contribution >= 0.6 is 0 Å². The van der Waals surface area contributed by atoms with Crippen molar-refractivity contribution in [1.29, 1.82) is 0 Å². The first-order valence-electron chi connectivity index (χ1n) is 9.45. The first-order chi connectivity index (χ1) is 13.8. The van der Waals surface area contributed by atoms with E-state index in [9.17, 15) is 0 Å². The van der Waals surface area contributed by atoms with Crippen molar-refractivity contribution < 1.29 is 0 Å². The Labute approximate surface area is 163 Å². The summed E-state index contributed by atoms with van der Waals surface area (Å²) < 4.78 is 0. The number of likely N-dealkylation sites (N-methyl/N-ethyl adjacent to an activating group) is 1. The van der Waals surface area contributed by atoms with Crippen LogP contribution in [0.2, 0.25) is 0 Å². The lowest BCUT2D eigenvalue weighted by Crippen LogP contribution is -2.45. The van der Waals surface area contributed by atoms with Gasteiger partial charge in [-0.1, -0.05) is 30.3 Å². The van der Waals surface area contributed by atoms with Gasteiger partial charge in [-0.25, -0.2) is 15.0 Å². The largest absolute Gasteiger partial charge is 0.352 e. The number of fused-ring (bicyclic) bond motifs is 1. The number of anilines is 1. The zero-order chi connectivity index (χ0) is 18.9. The van der Waals surface area contributed by atoms with Crippen LogP contribution in [-0.2, 0) is 0 Å². The van der Waals surface area contributed by atoms with Crippen LogP contribution in [0.15, 0.2) is 54.9 Å². The summed E-state index contributed by atoms with van der Waals surface area (Å²) in [4.78, 5) is 26.7. The Kier molecular flexibility index (Phi) is 4.21. The van der Waals surface area contributed by atoms with E-state index in [1.165, 1.54) is 0 Å². The minimum absolute atomic E-state index is 0.689. The van der Waals surface area contributed by atoms with E-state index in [2.05, 4.69) is 26.8 Å². The van der Waals surface area contributed by atoms with Crippen molar-refractivity contribution in [2.75, 3.05) is 38.1 Å². The van der Waals surface area contributed by atoms with E-state index in [1.54, 1.807) is 12.4 Å². The van der Waals surface area contributed by atoms with Gasteiger partial charge in [-0.15, -0.1) is 0 Å². The van der Waals surface area contributed by atoms with Gasteiger partial charge in [0.1, 0.15) is 11.3 Å². The summed E-state index contributed by atoms with van der Waals surface area (Å²) >= 11 is 0. The topological polar surface area (TPSA) is 73.8 Å². The molecule has 0 spiro atoms. The monoisotopic (exact) mass is 371 g/mol. The lowest BCUT2D eigenvalue weighted by Gasteiger charge is -2.33. The lowest BCUT2D eigenvalue weighted by molar-refractivity contribution is 0.312. The third-order valence-electron chi connectivity index (χ3n) is 5.12. The predicted octanol–water partition coefficient (Wildman–Crippen LogP) is 2.83. The molecule has 4 heterocycles. The summed E-state index contributed by atoms with van der Waals surface area (Å²) in [6.45, 7) is 3.88. The molecule has 0 radical (unpaired) electrons. The zero-order valence-electron chi connectivity index (χ0n) is 15.7. The van der Waals surface area contributed by atoms with Gasteiger partial charge in [-0.05, 0) is 19.2 Å². The Bertz CT molecular complexity index is 1080. The highest BCUT2D eigenvalue weighted by Crippen LogP contribution is 2.29. The van der Waals surface area contributed by atoms with Gasteiger partial charge in [0.15, 0.2) is 17.3 Å². The molecular weight excluding hydrogens is 350 g/mol. The first-order valence-corrected chi connectivity index (χ1v) is 9.45. The number of hydrogen-bond donors (Lipinski definition) is 1. The standard InChI is InChI=1S/C21H21N7/c1-27-11-13-28(14-12-27)21-17-20(24-18(23-17)16-7-9-22-10-8-16)25-19(26-21)15-5-3-2-4-6-15/h2-10H,11-14H2,1H3,(H,23,24,25,26). The van der Waals surface area contributed by atoms with Crippen LogP contribution in [-0.4, -0.2) is 63.0 Å². The molecule has 1 saturated heterocycles. The van der Waals surface area contributed by atoms with Crippen molar-refractivity contribution in [2.45, 2.75) is 0 Å². The number of H-pyrrole nitrogens is 1. The number of aromatic nitrogens is 5. The molecule has 0 atom stereocenters. The first kappa shape index (κ1) is 16.8. The molecule has 5 rings (SSSR count). The number of piperazine rings is 1. The SMILES string of the molecule is CN1CCN(c2nc(-c3ccccc3)nc3nc(-c4ccncc4)[nH]c23)CC1. The molecule has 0 unspecified atom stereocenters. The molecule has 1 aliphatic rings. The van der Waals surface area contributed by atoms with Crippen LogP contribution in [0.1, 0.15) is 0 Å². The average Bonchev–Trinajstić information content (AvgIpc) is 3.19. The predicted molar refractivity (Wildman–Crippen MR) is 110 cm³/mol. The molecule has 7 nitrogen and oxygen atoms in total. The van der Waals surface area contributed by atoms with Crippen molar-refractivity contribution in [3.05, 3.63) is 54.9 Å². The Morgan fingerprint density at radius 1 is 0.821 bits per heavy atom. The zero-order valence-corrected chi connectivity index (χ0v) is 15.7. The van der Waals surface area contributed by atoms with Gasteiger partial charge in [0.05, 0.1) is 0 Å². The van der Waals surface area contributed by atoms with Crippen molar-refractivity contribution in [1.82, 2.24) is 29.8 Å². The molecule has 1 N–H and O–H groups in total. The van der Waals surface area contributed by atoms with E-state index >= 15 is 0 Å². The number of pyridine rings is 1. The highest BCUT2D eigenvalue weighted by molar-refractivity contribution is 5.88. The van der Waals surface area contributed by atoms with E-state index in [1.807, 2.05) is 42.5 Å². The van der Waals surface area contributed by atoms with Crippen LogP contribution in [0.3, 0.4) is 0 Å². The van der Waals surface area contributed by atoms with Gasteiger partial charge in [-0.3, -0.25) is 4.98 Å². The van der Waals surface area contributed by atoms with Crippen molar-refractivity contribution in [3.63, 3.8) is 0 Å². The van der Waals surface area contributed by atoms with Gasteiger partial charge < -0.3 is 14.8 Å². The molecule has 7 heteroatoms. The maximum atomic E-state index is 4.94. The van der Waals surface area contributed by atoms with Gasteiger partial charge >= 0.3 is 0 Å². The highest BCUT2D eigenvalue weighted by Gasteiger charge is 2.22. The van der Waals surface area contributed by atoms with E-state index in [-0.39, 0.29) is 0 Å². The van der Waals surface area contributed by atoms with E-state index in [4.69, 9.17) is 15.0 Å². The summed E-state index contributed by atoms with van der Waals surface area (Å²) in [5.41, 5.74) is 3.55. The fourth-order valence-corrected chi connectivity index (χ4v) is 3.49. The maximum Gasteiger partial charge on any atom is 0.184 e. The summed E-state index contributed by atoms with van der Waals surface area (Å²) in [6.07, 6.45) is 3.54. The Hall–Kier alpha value is -3.32. The van der Waals surface area contributed by atoms with Crippen LogP contribution < -0.4 is 4.90 Å². The number of imidazole rings is 1. The maximum absolute atomic E-state index is 4.94. The minimum Gasteiger partial charge on any atom is -0.352 e. The van der Waals surface area contributed by atoms with Crippen LogP contribution in [0.5, 0.6) is 0 Å². The Morgan fingerprint density at radius 2 is 1.57 bits per heavy atom. The normalized spacial score (nSPS) is 15.2. The number of hydrogen-bond acceptors (Lipinski definition) is 6. The molecular formula is C21H21N7. The molecule has 0 saturated carbocycles. The molecule has 1 fully saturated rings. The summed E-state index contributed by atoms with van der Waals surface area (Å²) in [7, 11) is 2.15. The molecule has 140 valence electrons. The fourth-order valence-electron chi connectivity index (χ4n) is 3.49. The smallest absolute Gasteiger partial charge is 0.184 e. The Morgan fingerprint density at radius 3 is 2.32 bits per heavy atom. The number of nitrogens with zero attached hydrogens (tertiary/aromatic N) is 6. The van der Waals surface area contributed by atoms with Crippen molar-refractivity contribution in [2.24, 2.45) is 0 Å². The van der Waals surface area contributed by atoms with Crippen molar-refractivity contribution >= 4 is 17.0 Å². The second-order valence-corrected chi connectivity index (χ2v) is 7.05. The summed E-state index contributed by atoms with van der Waals surface area (Å²) in [5.74, 6) is 2.41. The average molecular weight is 371 g/mol.